The molecule has 0 bridgehead atoms. The Morgan fingerprint density at radius 3 is 2.81 bits per heavy atom. The lowest BCUT2D eigenvalue weighted by Gasteiger charge is -2.20. The second-order valence-corrected chi connectivity index (χ2v) is 7.45. The van der Waals surface area contributed by atoms with Gasteiger partial charge in [0.05, 0.1) is 23.9 Å². The highest BCUT2D eigenvalue weighted by atomic mass is 31.0. The lowest BCUT2D eigenvalue weighted by Crippen LogP contribution is -2.24. The first-order valence-corrected chi connectivity index (χ1v) is 8.93. The molecule has 26 heavy (non-hydrogen) atoms. The summed E-state index contributed by atoms with van der Waals surface area (Å²) in [5.41, 5.74) is 6.83. The summed E-state index contributed by atoms with van der Waals surface area (Å²) in [7, 11) is 2.12. The van der Waals surface area contributed by atoms with Crippen molar-refractivity contribution in [1.82, 2.24) is 9.97 Å². The molecular weight excluding hydrogens is 348 g/mol. The minimum atomic E-state index is -1.58. The van der Waals surface area contributed by atoms with E-state index in [0.717, 1.165) is 5.57 Å². The number of allylic oxidation sites excluding steroid dienone is 5. The first-order chi connectivity index (χ1) is 12.3. The van der Waals surface area contributed by atoms with Crippen molar-refractivity contribution >= 4 is 20.9 Å². The van der Waals surface area contributed by atoms with Gasteiger partial charge < -0.3 is 11.1 Å². The molecule has 0 aliphatic heterocycles. The van der Waals surface area contributed by atoms with E-state index in [0.29, 0.717) is 11.7 Å². The van der Waals surface area contributed by atoms with Crippen LogP contribution in [0, 0.1) is 5.92 Å². The molecule has 0 saturated heterocycles. The summed E-state index contributed by atoms with van der Waals surface area (Å²) in [5.74, 6) is 1.31. The minimum absolute atomic E-state index is 0.0939. The highest BCUT2D eigenvalue weighted by molar-refractivity contribution is 7.18. The summed E-state index contributed by atoms with van der Waals surface area (Å²) >= 11 is 0. The minimum Gasteiger partial charge on any atom is -0.387 e. The summed E-state index contributed by atoms with van der Waals surface area (Å²) in [6, 6.07) is 0.0939. The number of nitrogens with two attached hydrogens (primary N) is 1. The molecular formula is C19H25FN5P. The molecule has 0 saturated carbocycles. The van der Waals surface area contributed by atoms with E-state index in [-0.39, 0.29) is 17.7 Å². The Morgan fingerprint density at radius 2 is 2.19 bits per heavy atom. The molecule has 7 heteroatoms. The van der Waals surface area contributed by atoms with Gasteiger partial charge in [-0.2, -0.15) is 0 Å². The molecule has 4 unspecified atom stereocenters. The quantitative estimate of drug-likeness (QED) is 0.451. The molecule has 0 spiro atoms. The van der Waals surface area contributed by atoms with Crippen molar-refractivity contribution in [2.45, 2.75) is 32.2 Å². The van der Waals surface area contributed by atoms with Crippen LogP contribution in [0.4, 0.5) is 10.2 Å². The molecule has 0 amide bonds. The molecule has 3 N–H and O–H groups in total. The zero-order valence-electron chi connectivity index (χ0n) is 15.2. The second-order valence-electron chi connectivity index (χ2n) is 6.37. The standard InChI is InChI=1S/C19H25FN5P/c1-13(25-18-12-23-17(11-24-18)19(3,20)26)16-6-4-5-15(7-8-16)9-10-22-14(2)21/h4-13,16H,26H2,1-3H3,(H2,21,22)(H,24,25)/b10-9+. The van der Waals surface area contributed by atoms with Gasteiger partial charge in [-0.3, -0.25) is 4.98 Å². The van der Waals surface area contributed by atoms with Crippen molar-refractivity contribution in [2.75, 3.05) is 5.32 Å². The fourth-order valence-electron chi connectivity index (χ4n) is 2.31. The fourth-order valence-corrected chi connectivity index (χ4v) is 2.46. The number of anilines is 1. The van der Waals surface area contributed by atoms with Gasteiger partial charge in [-0.05, 0) is 32.4 Å². The zero-order chi connectivity index (χ0) is 19.2. The number of hydrogen-bond acceptors (Lipinski definition) is 4. The molecule has 1 aromatic heterocycles. The highest BCUT2D eigenvalue weighted by Gasteiger charge is 2.21. The van der Waals surface area contributed by atoms with Crippen LogP contribution in [0.2, 0.25) is 0 Å². The Labute approximate surface area is 156 Å². The third-order valence-electron chi connectivity index (χ3n) is 3.78. The molecule has 1 aromatic rings. The van der Waals surface area contributed by atoms with Gasteiger partial charge >= 0.3 is 0 Å². The van der Waals surface area contributed by atoms with Crippen molar-refractivity contribution in [3.8, 4) is 0 Å². The molecule has 2 rings (SSSR count). The number of hydrogen-bond donors (Lipinski definition) is 2. The molecule has 138 valence electrons. The molecule has 0 aromatic carbocycles. The van der Waals surface area contributed by atoms with Crippen molar-refractivity contribution in [3.63, 3.8) is 0 Å². The van der Waals surface area contributed by atoms with Crippen molar-refractivity contribution in [3.05, 3.63) is 66.3 Å². The van der Waals surface area contributed by atoms with E-state index in [1.165, 1.54) is 13.1 Å². The Bertz CT molecular complexity index is 753. The lowest BCUT2D eigenvalue weighted by molar-refractivity contribution is 0.315. The highest BCUT2D eigenvalue weighted by Crippen LogP contribution is 2.30. The predicted octanol–water partition coefficient (Wildman–Crippen LogP) is 3.85. The number of nitrogens with one attached hydrogen (secondary N) is 1. The number of nitrogens with zero attached hydrogens (tertiary/aromatic N) is 3. The zero-order valence-corrected chi connectivity index (χ0v) is 16.4. The van der Waals surface area contributed by atoms with Crippen LogP contribution in [-0.4, -0.2) is 21.8 Å². The Kier molecular flexibility index (Phi) is 6.81. The Hall–Kier alpha value is -2.33. The summed E-state index contributed by atoms with van der Waals surface area (Å²) in [6.07, 6.45) is 16.9. The number of alkyl halides is 1. The van der Waals surface area contributed by atoms with Crippen LogP contribution in [0.3, 0.4) is 0 Å². The normalized spacial score (nSPS) is 21.2. The summed E-state index contributed by atoms with van der Waals surface area (Å²) in [4.78, 5) is 12.4. The summed E-state index contributed by atoms with van der Waals surface area (Å²) in [5, 5.41) is 1.73. The van der Waals surface area contributed by atoms with Crippen LogP contribution in [-0.2, 0) is 5.41 Å². The van der Waals surface area contributed by atoms with Gasteiger partial charge in [-0.15, -0.1) is 0 Å². The van der Waals surface area contributed by atoms with Gasteiger partial charge in [0.1, 0.15) is 5.82 Å². The average Bonchev–Trinajstić information content (AvgIpc) is 2.80. The average molecular weight is 373 g/mol. The molecule has 0 fully saturated rings. The van der Waals surface area contributed by atoms with Crippen LogP contribution in [0.5, 0.6) is 0 Å². The van der Waals surface area contributed by atoms with Crippen LogP contribution in [0.1, 0.15) is 26.5 Å². The van der Waals surface area contributed by atoms with Gasteiger partial charge in [-0.25, -0.2) is 14.4 Å². The van der Waals surface area contributed by atoms with Crippen LogP contribution in [0.25, 0.3) is 0 Å². The van der Waals surface area contributed by atoms with Crippen LogP contribution >= 0.6 is 9.24 Å². The lowest BCUT2D eigenvalue weighted by atomic mass is 10.0. The maximum Gasteiger partial charge on any atom is 0.163 e. The number of rotatable bonds is 6. The Morgan fingerprint density at radius 1 is 1.42 bits per heavy atom. The summed E-state index contributed by atoms with van der Waals surface area (Å²) in [6.45, 7) is 5.23. The van der Waals surface area contributed by atoms with E-state index in [2.05, 4.69) is 48.6 Å². The molecule has 1 aliphatic carbocycles. The number of aromatic nitrogens is 2. The van der Waals surface area contributed by atoms with Crippen LogP contribution < -0.4 is 11.1 Å². The number of halogens is 1. The second kappa shape index (κ2) is 8.86. The van der Waals surface area contributed by atoms with Crippen molar-refractivity contribution < 1.29 is 4.39 Å². The summed E-state index contributed by atoms with van der Waals surface area (Å²) < 4.78 is 13.8. The van der Waals surface area contributed by atoms with E-state index in [1.807, 2.05) is 24.3 Å². The van der Waals surface area contributed by atoms with Crippen LogP contribution in [0.15, 0.2) is 65.6 Å². The first-order valence-electron chi connectivity index (χ1n) is 8.35. The van der Waals surface area contributed by atoms with E-state index in [9.17, 15) is 4.39 Å². The first kappa shape index (κ1) is 20.0. The molecule has 1 heterocycles. The predicted molar refractivity (Wildman–Crippen MR) is 110 cm³/mol. The Balaban J connectivity index is 1.99. The van der Waals surface area contributed by atoms with Crippen molar-refractivity contribution in [2.24, 2.45) is 16.6 Å². The van der Waals surface area contributed by atoms with Crippen molar-refractivity contribution in [1.29, 1.82) is 0 Å². The van der Waals surface area contributed by atoms with Gasteiger partial charge in [0, 0.05) is 18.2 Å². The van der Waals surface area contributed by atoms with Gasteiger partial charge in [-0.1, -0.05) is 39.6 Å². The molecule has 5 nitrogen and oxygen atoms in total. The smallest absolute Gasteiger partial charge is 0.163 e. The third kappa shape index (κ3) is 6.19. The third-order valence-corrected chi connectivity index (χ3v) is 4.08. The molecule has 4 atom stereocenters. The molecule has 1 aliphatic rings. The maximum atomic E-state index is 13.8. The monoisotopic (exact) mass is 373 g/mol. The van der Waals surface area contributed by atoms with Gasteiger partial charge in [0.2, 0.25) is 0 Å². The molecule has 0 radical (unpaired) electrons. The number of aliphatic imine (C=N–C) groups is 1. The van der Waals surface area contributed by atoms with E-state index in [4.69, 9.17) is 5.73 Å². The van der Waals surface area contributed by atoms with E-state index < -0.39 is 5.41 Å². The SMILES string of the molecule is CC(N)=N/C=C/C1=CC=CC(C(C)Nc2cnc(C(C)(F)P)cn2)C=C1. The maximum absolute atomic E-state index is 13.8. The van der Waals surface area contributed by atoms with E-state index in [1.54, 1.807) is 19.3 Å². The fraction of sp³-hybridized carbons (Fsp3) is 0.316. The van der Waals surface area contributed by atoms with E-state index >= 15 is 0 Å². The number of amidine groups is 1. The van der Waals surface area contributed by atoms with Gasteiger partial charge in [0.15, 0.2) is 5.41 Å². The topological polar surface area (TPSA) is 76.2 Å². The largest absolute Gasteiger partial charge is 0.387 e. The van der Waals surface area contributed by atoms with Gasteiger partial charge in [0.25, 0.3) is 0 Å².